The molecule has 2 heterocycles. The number of fused-ring (bicyclic) bond motifs is 1. The lowest BCUT2D eigenvalue weighted by Gasteiger charge is -2.35. The van der Waals surface area contributed by atoms with E-state index < -0.39 is 0 Å². The molecule has 1 aromatic carbocycles. The lowest BCUT2D eigenvalue weighted by atomic mass is 9.92. The van der Waals surface area contributed by atoms with Crippen molar-refractivity contribution < 1.29 is 4.39 Å². The maximum Gasteiger partial charge on any atom is 0.125 e. The molecule has 132 valence electrons. The van der Waals surface area contributed by atoms with Gasteiger partial charge >= 0.3 is 0 Å². The first-order valence-corrected chi connectivity index (χ1v) is 8.90. The summed E-state index contributed by atoms with van der Waals surface area (Å²) in [4.78, 5) is 12.9. The minimum atomic E-state index is -0.206. The standard InChI is InChI=1S/C19H29FN4/c1-14-11-15(20)12-16-18(14)22-17(21-16)13-24-9-7-23(8-10-24)6-5-19(2,3)4/h11-12H,5-10,13H2,1-4H3,(H,21,22). The molecule has 1 fully saturated rings. The lowest BCUT2D eigenvalue weighted by Crippen LogP contribution is -2.46. The van der Waals surface area contributed by atoms with E-state index in [4.69, 9.17) is 0 Å². The van der Waals surface area contributed by atoms with Gasteiger partial charge in [-0.15, -0.1) is 0 Å². The first kappa shape index (κ1) is 17.4. The second kappa shape index (κ2) is 6.81. The molecule has 0 amide bonds. The van der Waals surface area contributed by atoms with Gasteiger partial charge in [-0.05, 0) is 43.0 Å². The number of rotatable bonds is 4. The van der Waals surface area contributed by atoms with Crippen LogP contribution in [0.2, 0.25) is 0 Å². The molecule has 0 radical (unpaired) electrons. The molecule has 0 unspecified atom stereocenters. The van der Waals surface area contributed by atoms with Crippen LogP contribution in [0.25, 0.3) is 11.0 Å². The van der Waals surface area contributed by atoms with Crippen LogP contribution in [0.5, 0.6) is 0 Å². The summed E-state index contributed by atoms with van der Waals surface area (Å²) >= 11 is 0. The van der Waals surface area contributed by atoms with E-state index in [2.05, 4.69) is 40.5 Å². The van der Waals surface area contributed by atoms with Crippen LogP contribution in [0.1, 0.15) is 38.6 Å². The molecule has 1 aliphatic rings. The maximum atomic E-state index is 13.5. The molecule has 1 N–H and O–H groups in total. The van der Waals surface area contributed by atoms with Gasteiger partial charge in [0.15, 0.2) is 0 Å². The summed E-state index contributed by atoms with van der Waals surface area (Å²) in [5.41, 5.74) is 2.97. The number of hydrogen-bond donors (Lipinski definition) is 1. The molecule has 2 aromatic rings. The lowest BCUT2D eigenvalue weighted by molar-refractivity contribution is 0.115. The van der Waals surface area contributed by atoms with Crippen LogP contribution in [0, 0.1) is 18.2 Å². The maximum absolute atomic E-state index is 13.5. The summed E-state index contributed by atoms with van der Waals surface area (Å²) in [5.74, 6) is 0.726. The Bertz CT molecular complexity index is 693. The monoisotopic (exact) mass is 332 g/mol. The number of halogens is 1. The van der Waals surface area contributed by atoms with Gasteiger partial charge in [-0.25, -0.2) is 9.37 Å². The highest BCUT2D eigenvalue weighted by Crippen LogP contribution is 2.20. The van der Waals surface area contributed by atoms with Crippen molar-refractivity contribution in [1.82, 2.24) is 19.8 Å². The fourth-order valence-corrected chi connectivity index (χ4v) is 3.25. The highest BCUT2D eigenvalue weighted by Gasteiger charge is 2.20. The number of nitrogens with one attached hydrogen (secondary N) is 1. The van der Waals surface area contributed by atoms with Gasteiger partial charge in [-0.3, -0.25) is 4.90 Å². The third-order valence-electron chi connectivity index (χ3n) is 4.81. The van der Waals surface area contributed by atoms with E-state index in [0.717, 1.165) is 55.1 Å². The average Bonchev–Trinajstić information content (AvgIpc) is 2.88. The zero-order valence-electron chi connectivity index (χ0n) is 15.3. The van der Waals surface area contributed by atoms with Crippen molar-refractivity contribution in [2.75, 3.05) is 32.7 Å². The number of hydrogen-bond acceptors (Lipinski definition) is 3. The molecule has 0 atom stereocenters. The van der Waals surface area contributed by atoms with Crippen molar-refractivity contribution in [2.45, 2.75) is 40.7 Å². The van der Waals surface area contributed by atoms with Crippen molar-refractivity contribution in [1.29, 1.82) is 0 Å². The van der Waals surface area contributed by atoms with Gasteiger partial charge in [0.2, 0.25) is 0 Å². The second-order valence-corrected chi connectivity index (χ2v) is 8.23. The Kier molecular flexibility index (Phi) is 4.92. The van der Waals surface area contributed by atoms with Crippen molar-refractivity contribution in [3.63, 3.8) is 0 Å². The number of aromatic nitrogens is 2. The normalized spacial score (nSPS) is 17.7. The summed E-state index contributed by atoms with van der Waals surface area (Å²) in [6.07, 6.45) is 1.24. The summed E-state index contributed by atoms with van der Waals surface area (Å²) in [6.45, 7) is 15.2. The Balaban J connectivity index is 1.56. The SMILES string of the molecule is Cc1cc(F)cc2[nH]c(CN3CCN(CCC(C)(C)C)CC3)nc12. The van der Waals surface area contributed by atoms with E-state index in [0.29, 0.717) is 5.41 Å². The summed E-state index contributed by atoms with van der Waals surface area (Å²) in [7, 11) is 0. The van der Waals surface area contributed by atoms with Gasteiger partial charge in [0.1, 0.15) is 11.6 Å². The molecule has 24 heavy (non-hydrogen) atoms. The van der Waals surface area contributed by atoms with Crippen LogP contribution < -0.4 is 0 Å². The van der Waals surface area contributed by atoms with Crippen molar-refractivity contribution in [3.05, 3.63) is 29.3 Å². The fraction of sp³-hybridized carbons (Fsp3) is 0.632. The van der Waals surface area contributed by atoms with E-state index in [1.54, 1.807) is 6.07 Å². The molecule has 0 spiro atoms. The summed E-state index contributed by atoms with van der Waals surface area (Å²) in [5, 5.41) is 0. The Hall–Kier alpha value is -1.46. The first-order valence-electron chi connectivity index (χ1n) is 8.90. The van der Waals surface area contributed by atoms with Crippen LogP contribution in [-0.4, -0.2) is 52.5 Å². The molecule has 3 rings (SSSR count). The predicted octanol–water partition coefficient (Wildman–Crippen LogP) is 3.56. The zero-order chi connectivity index (χ0) is 17.3. The van der Waals surface area contributed by atoms with Crippen LogP contribution in [-0.2, 0) is 6.54 Å². The molecule has 1 aromatic heterocycles. The molecule has 0 aliphatic carbocycles. The van der Waals surface area contributed by atoms with E-state index >= 15 is 0 Å². The number of aromatic amines is 1. The fourth-order valence-electron chi connectivity index (χ4n) is 3.25. The number of H-pyrrole nitrogens is 1. The predicted molar refractivity (Wildman–Crippen MR) is 96.6 cm³/mol. The van der Waals surface area contributed by atoms with Gasteiger partial charge in [0.25, 0.3) is 0 Å². The summed E-state index contributed by atoms with van der Waals surface area (Å²) in [6, 6.07) is 3.07. The van der Waals surface area contributed by atoms with Gasteiger partial charge < -0.3 is 9.88 Å². The molecule has 1 aliphatic heterocycles. The van der Waals surface area contributed by atoms with Gasteiger partial charge in [-0.2, -0.15) is 0 Å². The van der Waals surface area contributed by atoms with E-state index in [1.165, 1.54) is 19.0 Å². The average molecular weight is 332 g/mol. The molecule has 0 saturated carbocycles. The van der Waals surface area contributed by atoms with Crippen LogP contribution in [0.3, 0.4) is 0 Å². The Labute approximate surface area is 144 Å². The Morgan fingerprint density at radius 1 is 1.12 bits per heavy atom. The van der Waals surface area contributed by atoms with Crippen LogP contribution in [0.15, 0.2) is 12.1 Å². The van der Waals surface area contributed by atoms with E-state index in [9.17, 15) is 4.39 Å². The third kappa shape index (κ3) is 4.33. The quantitative estimate of drug-likeness (QED) is 0.930. The number of nitrogens with zero attached hydrogens (tertiary/aromatic N) is 3. The van der Waals surface area contributed by atoms with E-state index in [-0.39, 0.29) is 5.82 Å². The highest BCUT2D eigenvalue weighted by molar-refractivity contribution is 5.78. The largest absolute Gasteiger partial charge is 0.341 e. The van der Waals surface area contributed by atoms with Gasteiger partial charge in [-0.1, -0.05) is 20.8 Å². The topological polar surface area (TPSA) is 35.2 Å². The second-order valence-electron chi connectivity index (χ2n) is 8.23. The highest BCUT2D eigenvalue weighted by atomic mass is 19.1. The smallest absolute Gasteiger partial charge is 0.125 e. The molecular weight excluding hydrogens is 303 g/mol. The number of piperazine rings is 1. The van der Waals surface area contributed by atoms with Crippen molar-refractivity contribution in [3.8, 4) is 0 Å². The molecular formula is C19H29FN4. The molecule has 4 nitrogen and oxygen atoms in total. The molecule has 1 saturated heterocycles. The molecule has 5 heteroatoms. The van der Waals surface area contributed by atoms with Gasteiger partial charge in [0, 0.05) is 26.2 Å². The van der Waals surface area contributed by atoms with Crippen LogP contribution in [0.4, 0.5) is 4.39 Å². The Morgan fingerprint density at radius 2 is 1.79 bits per heavy atom. The summed E-state index contributed by atoms with van der Waals surface area (Å²) < 4.78 is 13.5. The Morgan fingerprint density at radius 3 is 2.46 bits per heavy atom. The zero-order valence-corrected chi connectivity index (χ0v) is 15.3. The van der Waals surface area contributed by atoms with Crippen molar-refractivity contribution >= 4 is 11.0 Å². The minimum absolute atomic E-state index is 0.206. The van der Waals surface area contributed by atoms with Crippen LogP contribution >= 0.6 is 0 Å². The number of imidazole rings is 1. The third-order valence-corrected chi connectivity index (χ3v) is 4.81. The van der Waals surface area contributed by atoms with E-state index in [1.807, 2.05) is 6.92 Å². The molecule has 0 bridgehead atoms. The van der Waals surface area contributed by atoms with Gasteiger partial charge in [0.05, 0.1) is 17.6 Å². The first-order chi connectivity index (χ1) is 11.3. The van der Waals surface area contributed by atoms with Crippen molar-refractivity contribution in [2.24, 2.45) is 5.41 Å². The number of benzene rings is 1. The number of aryl methyl sites for hydroxylation is 1. The minimum Gasteiger partial charge on any atom is -0.341 e.